The van der Waals surface area contributed by atoms with Gasteiger partial charge < -0.3 is 10.1 Å². The molecule has 1 aromatic rings. The van der Waals surface area contributed by atoms with E-state index in [1.54, 1.807) is 6.07 Å². The van der Waals surface area contributed by atoms with Gasteiger partial charge in [0.2, 0.25) is 0 Å². The number of hydrogen-bond donors (Lipinski definition) is 1. The van der Waals surface area contributed by atoms with Crippen LogP contribution in [0.25, 0.3) is 0 Å². The standard InChI is InChI=1S/C10H10F3NO.ClH/c11-10(12,13)15-8-3-4-9-7(6-8)2-1-5-14-9;/h3-4,6,14H,1-2,5H2;1H. The number of fused-ring (bicyclic) bond motifs is 1. The summed E-state index contributed by atoms with van der Waals surface area (Å²) in [6.07, 6.45) is -2.89. The Balaban J connectivity index is 0.00000128. The Kier molecular flexibility index (Phi) is 3.91. The van der Waals surface area contributed by atoms with E-state index in [0.29, 0.717) is 0 Å². The van der Waals surface area contributed by atoms with E-state index < -0.39 is 6.36 Å². The molecule has 0 fully saturated rings. The van der Waals surface area contributed by atoms with Crippen molar-refractivity contribution in [2.24, 2.45) is 0 Å². The lowest BCUT2D eigenvalue weighted by Gasteiger charge is -2.19. The van der Waals surface area contributed by atoms with Crippen LogP contribution >= 0.6 is 12.4 Å². The summed E-state index contributed by atoms with van der Waals surface area (Å²) in [6.45, 7) is 0.868. The molecular weight excluding hydrogens is 243 g/mol. The molecule has 0 saturated heterocycles. The number of hydrogen-bond acceptors (Lipinski definition) is 2. The van der Waals surface area contributed by atoms with Crippen LogP contribution in [0.2, 0.25) is 0 Å². The molecule has 1 N–H and O–H groups in total. The Hall–Kier alpha value is -1.10. The third-order valence-electron chi connectivity index (χ3n) is 2.25. The first kappa shape index (κ1) is 13.0. The highest BCUT2D eigenvalue weighted by molar-refractivity contribution is 5.85. The molecule has 0 aliphatic carbocycles. The minimum Gasteiger partial charge on any atom is -0.406 e. The number of nitrogens with one attached hydrogen (secondary N) is 1. The molecule has 0 saturated carbocycles. The summed E-state index contributed by atoms with van der Waals surface area (Å²) in [4.78, 5) is 0. The average Bonchev–Trinajstić information content (AvgIpc) is 2.15. The first-order valence-corrected chi connectivity index (χ1v) is 4.67. The molecular formula is C10H11ClF3NO. The van der Waals surface area contributed by atoms with Crippen molar-refractivity contribution in [1.29, 1.82) is 0 Å². The zero-order valence-corrected chi connectivity index (χ0v) is 9.12. The number of benzene rings is 1. The van der Waals surface area contributed by atoms with Crippen molar-refractivity contribution >= 4 is 18.1 Å². The zero-order valence-electron chi connectivity index (χ0n) is 8.30. The van der Waals surface area contributed by atoms with Crippen LogP contribution in [0, 0.1) is 0 Å². The van der Waals surface area contributed by atoms with Crippen molar-refractivity contribution in [2.45, 2.75) is 19.2 Å². The number of alkyl halides is 3. The lowest BCUT2D eigenvalue weighted by Crippen LogP contribution is -2.18. The third kappa shape index (κ3) is 3.20. The van der Waals surface area contributed by atoms with Crippen LogP contribution in [0.5, 0.6) is 5.75 Å². The van der Waals surface area contributed by atoms with Crippen molar-refractivity contribution in [3.63, 3.8) is 0 Å². The second-order valence-electron chi connectivity index (χ2n) is 3.40. The van der Waals surface area contributed by atoms with Gasteiger partial charge in [0.05, 0.1) is 0 Å². The smallest absolute Gasteiger partial charge is 0.406 e. The Morgan fingerprint density at radius 1 is 1.25 bits per heavy atom. The van der Waals surface area contributed by atoms with E-state index in [4.69, 9.17) is 0 Å². The van der Waals surface area contributed by atoms with Crippen molar-refractivity contribution < 1.29 is 17.9 Å². The van der Waals surface area contributed by atoms with E-state index in [0.717, 1.165) is 30.6 Å². The Bertz CT molecular complexity index is 368. The Labute approximate surface area is 97.2 Å². The first-order chi connectivity index (χ1) is 7.04. The van der Waals surface area contributed by atoms with Crippen molar-refractivity contribution in [3.8, 4) is 5.75 Å². The quantitative estimate of drug-likeness (QED) is 0.829. The summed E-state index contributed by atoms with van der Waals surface area (Å²) in [7, 11) is 0. The molecule has 0 radical (unpaired) electrons. The first-order valence-electron chi connectivity index (χ1n) is 4.67. The molecule has 0 bridgehead atoms. The maximum absolute atomic E-state index is 11.9. The molecule has 16 heavy (non-hydrogen) atoms. The van der Waals surface area contributed by atoms with Crippen molar-refractivity contribution in [3.05, 3.63) is 23.8 Å². The molecule has 2 rings (SSSR count). The van der Waals surface area contributed by atoms with Gasteiger partial charge in [-0.15, -0.1) is 25.6 Å². The molecule has 1 heterocycles. The Morgan fingerprint density at radius 2 is 2.00 bits per heavy atom. The van der Waals surface area contributed by atoms with Crippen molar-refractivity contribution in [1.82, 2.24) is 0 Å². The van der Waals surface area contributed by atoms with Crippen LogP contribution in [0.1, 0.15) is 12.0 Å². The largest absolute Gasteiger partial charge is 0.573 e. The van der Waals surface area contributed by atoms with E-state index in [2.05, 4.69) is 10.1 Å². The van der Waals surface area contributed by atoms with Gasteiger partial charge in [-0.2, -0.15) is 0 Å². The number of halogens is 4. The lowest BCUT2D eigenvalue weighted by molar-refractivity contribution is -0.274. The van der Waals surface area contributed by atoms with Gasteiger partial charge in [-0.05, 0) is 36.6 Å². The van der Waals surface area contributed by atoms with E-state index in [1.165, 1.54) is 12.1 Å². The summed E-state index contributed by atoms with van der Waals surface area (Å²) in [5.74, 6) is -0.148. The highest BCUT2D eigenvalue weighted by Gasteiger charge is 2.31. The molecule has 90 valence electrons. The van der Waals surface area contributed by atoms with E-state index in [9.17, 15) is 13.2 Å². The molecule has 1 aliphatic heterocycles. The van der Waals surface area contributed by atoms with Gasteiger partial charge in [-0.1, -0.05) is 0 Å². The number of rotatable bonds is 1. The van der Waals surface area contributed by atoms with Crippen LogP contribution in [-0.2, 0) is 6.42 Å². The Morgan fingerprint density at radius 3 is 2.69 bits per heavy atom. The monoisotopic (exact) mass is 253 g/mol. The highest BCUT2D eigenvalue weighted by atomic mass is 35.5. The SMILES string of the molecule is Cl.FC(F)(F)Oc1ccc2c(c1)CCCN2. The maximum atomic E-state index is 11.9. The highest BCUT2D eigenvalue weighted by Crippen LogP contribution is 2.29. The predicted octanol–water partition coefficient (Wildman–Crippen LogP) is 3.37. The van der Waals surface area contributed by atoms with Gasteiger partial charge in [-0.3, -0.25) is 0 Å². The van der Waals surface area contributed by atoms with Crippen LogP contribution in [-0.4, -0.2) is 12.9 Å². The topological polar surface area (TPSA) is 21.3 Å². The molecule has 0 spiro atoms. The molecule has 2 nitrogen and oxygen atoms in total. The van der Waals surface area contributed by atoms with Gasteiger partial charge in [0, 0.05) is 12.2 Å². The normalized spacial score (nSPS) is 14.4. The van der Waals surface area contributed by atoms with Gasteiger partial charge in [-0.25, -0.2) is 0 Å². The van der Waals surface area contributed by atoms with Gasteiger partial charge >= 0.3 is 6.36 Å². The molecule has 1 aliphatic rings. The van der Waals surface area contributed by atoms with Crippen LogP contribution in [0.15, 0.2) is 18.2 Å². The molecule has 0 atom stereocenters. The predicted molar refractivity (Wildman–Crippen MR) is 57.2 cm³/mol. The van der Waals surface area contributed by atoms with E-state index >= 15 is 0 Å². The summed E-state index contributed by atoms with van der Waals surface area (Å²) >= 11 is 0. The molecule has 1 aromatic carbocycles. The molecule has 0 amide bonds. The summed E-state index contributed by atoms with van der Waals surface area (Å²) < 4.78 is 39.6. The lowest BCUT2D eigenvalue weighted by atomic mass is 10.0. The van der Waals surface area contributed by atoms with Crippen LogP contribution in [0.3, 0.4) is 0 Å². The average molecular weight is 254 g/mol. The fourth-order valence-electron chi connectivity index (χ4n) is 1.65. The number of ether oxygens (including phenoxy) is 1. The second-order valence-corrected chi connectivity index (χ2v) is 3.40. The molecule has 0 unspecified atom stereocenters. The fraction of sp³-hybridized carbons (Fsp3) is 0.400. The summed E-state index contributed by atoms with van der Waals surface area (Å²) in [5.41, 5.74) is 1.78. The minimum absolute atomic E-state index is 0. The molecule has 0 aromatic heterocycles. The van der Waals surface area contributed by atoms with E-state index in [1.807, 2.05) is 0 Å². The number of aryl methyl sites for hydroxylation is 1. The van der Waals surface area contributed by atoms with Gasteiger partial charge in [0.25, 0.3) is 0 Å². The van der Waals surface area contributed by atoms with Crippen LogP contribution in [0.4, 0.5) is 18.9 Å². The number of anilines is 1. The van der Waals surface area contributed by atoms with E-state index in [-0.39, 0.29) is 18.2 Å². The van der Waals surface area contributed by atoms with Gasteiger partial charge in [0.1, 0.15) is 5.75 Å². The molecule has 6 heteroatoms. The van der Waals surface area contributed by atoms with Crippen LogP contribution < -0.4 is 10.1 Å². The third-order valence-corrected chi connectivity index (χ3v) is 2.25. The zero-order chi connectivity index (χ0) is 10.9. The van der Waals surface area contributed by atoms with Crippen molar-refractivity contribution in [2.75, 3.05) is 11.9 Å². The summed E-state index contributed by atoms with van der Waals surface area (Å²) in [5, 5.41) is 3.12. The summed E-state index contributed by atoms with van der Waals surface area (Å²) in [6, 6.07) is 4.38. The maximum Gasteiger partial charge on any atom is 0.573 e. The second kappa shape index (κ2) is 4.82. The van der Waals surface area contributed by atoms with Gasteiger partial charge in [0.15, 0.2) is 0 Å². The fourth-order valence-corrected chi connectivity index (χ4v) is 1.65. The minimum atomic E-state index is -4.61.